The third-order valence-electron chi connectivity index (χ3n) is 3.70. The Kier molecular flexibility index (Phi) is 4.22. The number of hydrogen-bond donors (Lipinski definition) is 2. The molecular formula is C18H17NO5. The highest BCUT2D eigenvalue weighted by Gasteiger charge is 2.12. The van der Waals surface area contributed by atoms with E-state index in [1.165, 1.54) is 6.07 Å². The van der Waals surface area contributed by atoms with Gasteiger partial charge in [-0.05, 0) is 37.3 Å². The molecule has 0 aliphatic heterocycles. The molecule has 0 saturated heterocycles. The van der Waals surface area contributed by atoms with Gasteiger partial charge in [0.25, 0.3) is 5.91 Å². The number of carbonyl (C=O) groups excluding carboxylic acids is 1. The molecule has 1 aromatic heterocycles. The van der Waals surface area contributed by atoms with E-state index in [2.05, 4.69) is 5.32 Å². The number of methoxy groups -OCH3 is 1. The van der Waals surface area contributed by atoms with Crippen molar-refractivity contribution in [1.29, 1.82) is 0 Å². The van der Waals surface area contributed by atoms with E-state index in [1.54, 1.807) is 44.4 Å². The van der Waals surface area contributed by atoms with Gasteiger partial charge < -0.3 is 19.6 Å². The lowest BCUT2D eigenvalue weighted by atomic mass is 10.1. The van der Waals surface area contributed by atoms with E-state index in [0.717, 1.165) is 0 Å². The molecule has 0 unspecified atom stereocenters. The van der Waals surface area contributed by atoms with Crippen LogP contribution in [0.4, 0.5) is 0 Å². The Hall–Kier alpha value is -2.86. The van der Waals surface area contributed by atoms with Crippen molar-refractivity contribution in [3.63, 3.8) is 0 Å². The molecule has 0 saturated carbocycles. The number of ether oxygens (including phenoxy) is 1. The Morgan fingerprint density at radius 3 is 2.71 bits per heavy atom. The zero-order valence-corrected chi connectivity index (χ0v) is 13.3. The van der Waals surface area contributed by atoms with E-state index in [4.69, 9.17) is 9.15 Å². The minimum absolute atomic E-state index is 0.142. The quantitative estimate of drug-likeness (QED) is 0.716. The molecule has 1 amide bonds. The average Bonchev–Trinajstić information content (AvgIpc) is 2.59. The Morgan fingerprint density at radius 1 is 1.21 bits per heavy atom. The molecule has 2 N–H and O–H groups in total. The summed E-state index contributed by atoms with van der Waals surface area (Å²) < 4.78 is 10.9. The molecule has 0 fully saturated rings. The second-order valence-electron chi connectivity index (χ2n) is 5.56. The Morgan fingerprint density at radius 2 is 2.00 bits per heavy atom. The number of aliphatic hydroxyl groups excluding tert-OH is 1. The van der Waals surface area contributed by atoms with E-state index in [0.29, 0.717) is 33.3 Å². The highest BCUT2D eigenvalue weighted by Crippen LogP contribution is 2.23. The first-order chi connectivity index (χ1) is 11.5. The van der Waals surface area contributed by atoms with Crippen molar-refractivity contribution >= 4 is 27.8 Å². The summed E-state index contributed by atoms with van der Waals surface area (Å²) in [5.74, 6) is 0.242. The van der Waals surface area contributed by atoms with Gasteiger partial charge in [-0.2, -0.15) is 0 Å². The van der Waals surface area contributed by atoms with Gasteiger partial charge in [0.05, 0.1) is 24.0 Å². The van der Waals surface area contributed by atoms with Crippen molar-refractivity contribution in [3.8, 4) is 5.75 Å². The molecule has 3 aromatic rings. The number of rotatable bonds is 4. The monoisotopic (exact) mass is 327 g/mol. The van der Waals surface area contributed by atoms with Crippen LogP contribution in [0.15, 0.2) is 45.6 Å². The molecule has 0 radical (unpaired) electrons. The molecule has 3 rings (SSSR count). The predicted octanol–water partition coefficient (Wildman–Crippen LogP) is 2.07. The van der Waals surface area contributed by atoms with Crippen LogP contribution in [0.3, 0.4) is 0 Å². The average molecular weight is 327 g/mol. The summed E-state index contributed by atoms with van der Waals surface area (Å²) in [6, 6.07) is 9.65. The fraction of sp³-hybridized carbons (Fsp3) is 0.222. The summed E-state index contributed by atoms with van der Waals surface area (Å²) in [4.78, 5) is 24.7. The van der Waals surface area contributed by atoms with Gasteiger partial charge in [-0.15, -0.1) is 0 Å². The van der Waals surface area contributed by atoms with Crippen LogP contribution in [0.1, 0.15) is 17.3 Å². The minimum atomic E-state index is -0.640. The molecule has 0 bridgehead atoms. The molecule has 124 valence electrons. The molecule has 24 heavy (non-hydrogen) atoms. The summed E-state index contributed by atoms with van der Waals surface area (Å²) in [6.07, 6.45) is -0.640. The number of nitrogens with one attached hydrogen (secondary N) is 1. The summed E-state index contributed by atoms with van der Waals surface area (Å²) in [5, 5.41) is 12.6. The Labute approximate surface area is 137 Å². The second-order valence-corrected chi connectivity index (χ2v) is 5.56. The van der Waals surface area contributed by atoms with Crippen LogP contribution in [0.2, 0.25) is 0 Å². The molecule has 6 heteroatoms. The predicted molar refractivity (Wildman–Crippen MR) is 90.6 cm³/mol. The molecule has 6 nitrogen and oxygen atoms in total. The maximum atomic E-state index is 12.7. The van der Waals surface area contributed by atoms with Crippen molar-refractivity contribution in [2.24, 2.45) is 0 Å². The molecule has 1 heterocycles. The van der Waals surface area contributed by atoms with Gasteiger partial charge in [-0.1, -0.05) is 0 Å². The number of amides is 1. The van der Waals surface area contributed by atoms with Crippen LogP contribution in [-0.4, -0.2) is 30.8 Å². The summed E-state index contributed by atoms with van der Waals surface area (Å²) >= 11 is 0. The second kappa shape index (κ2) is 6.33. The fourth-order valence-electron chi connectivity index (χ4n) is 2.45. The van der Waals surface area contributed by atoms with Crippen LogP contribution in [0, 0.1) is 0 Å². The lowest BCUT2D eigenvalue weighted by Crippen LogP contribution is -2.30. The fourth-order valence-corrected chi connectivity index (χ4v) is 2.45. The number of fused-ring (bicyclic) bond motifs is 2. The molecule has 2 aromatic carbocycles. The van der Waals surface area contributed by atoms with Crippen LogP contribution in [-0.2, 0) is 0 Å². The van der Waals surface area contributed by atoms with E-state index in [9.17, 15) is 14.7 Å². The van der Waals surface area contributed by atoms with Gasteiger partial charge in [-0.3, -0.25) is 9.59 Å². The topological polar surface area (TPSA) is 88.8 Å². The molecule has 0 aliphatic rings. The number of carbonyl (C=O) groups is 1. The number of hydrogen-bond acceptors (Lipinski definition) is 5. The smallest absolute Gasteiger partial charge is 0.251 e. The summed E-state index contributed by atoms with van der Waals surface area (Å²) in [6.45, 7) is 1.72. The van der Waals surface area contributed by atoms with Crippen molar-refractivity contribution < 1.29 is 19.1 Å². The van der Waals surface area contributed by atoms with Gasteiger partial charge in [0.2, 0.25) is 5.43 Å². The Balaban J connectivity index is 2.09. The lowest BCUT2D eigenvalue weighted by Gasteiger charge is -2.08. The van der Waals surface area contributed by atoms with Crippen LogP contribution in [0.5, 0.6) is 5.75 Å². The van der Waals surface area contributed by atoms with E-state index >= 15 is 0 Å². The normalized spacial score (nSPS) is 12.3. The van der Waals surface area contributed by atoms with Gasteiger partial charge in [0.15, 0.2) is 0 Å². The van der Waals surface area contributed by atoms with Crippen LogP contribution < -0.4 is 15.5 Å². The van der Waals surface area contributed by atoms with Gasteiger partial charge in [0.1, 0.15) is 16.9 Å². The van der Waals surface area contributed by atoms with E-state index in [-0.39, 0.29) is 17.9 Å². The number of aliphatic hydroxyl groups is 1. The maximum Gasteiger partial charge on any atom is 0.251 e. The largest absolute Gasteiger partial charge is 0.497 e. The SMILES string of the molecule is COc1ccc2c(=O)c3cc(C(=O)NC[C@@H](C)O)ccc3oc2c1. The first kappa shape index (κ1) is 16.0. The standard InChI is InChI=1S/C18H17NO5/c1-10(20)9-19-18(22)11-3-6-15-14(7-11)17(21)13-5-4-12(23-2)8-16(13)24-15/h3-8,10,20H,9H2,1-2H3,(H,19,22)/t10-/m1/s1. The third-order valence-corrected chi connectivity index (χ3v) is 3.70. The van der Waals surface area contributed by atoms with Crippen molar-refractivity contribution in [2.45, 2.75) is 13.0 Å². The lowest BCUT2D eigenvalue weighted by molar-refractivity contribution is 0.0924. The van der Waals surface area contributed by atoms with Crippen LogP contribution >= 0.6 is 0 Å². The van der Waals surface area contributed by atoms with Gasteiger partial charge in [0, 0.05) is 18.2 Å². The van der Waals surface area contributed by atoms with Crippen molar-refractivity contribution in [2.75, 3.05) is 13.7 Å². The van der Waals surface area contributed by atoms with E-state index < -0.39 is 6.10 Å². The number of benzene rings is 2. The van der Waals surface area contributed by atoms with Crippen molar-refractivity contribution in [3.05, 3.63) is 52.2 Å². The molecular weight excluding hydrogens is 310 g/mol. The van der Waals surface area contributed by atoms with Crippen molar-refractivity contribution in [1.82, 2.24) is 5.32 Å². The zero-order valence-electron chi connectivity index (χ0n) is 13.3. The Bertz CT molecular complexity index is 974. The van der Waals surface area contributed by atoms with Gasteiger partial charge >= 0.3 is 0 Å². The third kappa shape index (κ3) is 2.96. The zero-order chi connectivity index (χ0) is 17.3. The molecule has 0 spiro atoms. The maximum absolute atomic E-state index is 12.7. The first-order valence-corrected chi connectivity index (χ1v) is 7.50. The highest BCUT2D eigenvalue weighted by atomic mass is 16.5. The summed E-state index contributed by atoms with van der Waals surface area (Å²) in [7, 11) is 1.54. The molecule has 1 atom stereocenters. The van der Waals surface area contributed by atoms with E-state index in [1.807, 2.05) is 0 Å². The minimum Gasteiger partial charge on any atom is -0.497 e. The highest BCUT2D eigenvalue weighted by molar-refractivity contribution is 5.99. The molecule has 0 aliphatic carbocycles. The van der Waals surface area contributed by atoms with Crippen LogP contribution in [0.25, 0.3) is 21.9 Å². The first-order valence-electron chi connectivity index (χ1n) is 7.50. The summed E-state index contributed by atoms with van der Waals surface area (Å²) in [5.41, 5.74) is 0.952. The van der Waals surface area contributed by atoms with Gasteiger partial charge in [-0.25, -0.2) is 0 Å².